The molecule has 0 atom stereocenters. The number of aromatic nitrogens is 2. The number of para-hydroxylation sites is 1. The van der Waals surface area contributed by atoms with Gasteiger partial charge in [0, 0.05) is 70.1 Å². The zero-order valence-electron chi connectivity index (χ0n) is 20.9. The van der Waals surface area contributed by atoms with Crippen molar-refractivity contribution in [2.75, 3.05) is 0 Å². The molecule has 0 fully saturated rings. The molecule has 0 spiro atoms. The molecule has 0 aliphatic heterocycles. The topological polar surface area (TPSA) is 17.3 Å². The van der Waals surface area contributed by atoms with Crippen molar-refractivity contribution in [3.05, 3.63) is 141 Å². The van der Waals surface area contributed by atoms with Crippen LogP contribution in [0.4, 0.5) is 0 Å². The van der Waals surface area contributed by atoms with Crippen molar-refractivity contribution < 1.29 is 52.8 Å². The van der Waals surface area contributed by atoms with E-state index in [4.69, 9.17) is 4.98 Å². The largest absolute Gasteiger partial charge is 0.358 e. The fraction of sp³-hybridized carbons (Fsp3) is 0. The molecule has 5 aromatic carbocycles. The number of hydrogen-bond acceptors (Lipinski definition) is 1. The summed E-state index contributed by atoms with van der Waals surface area (Å²) in [4.78, 5) is 4.97. The van der Waals surface area contributed by atoms with E-state index in [2.05, 4.69) is 120 Å². The van der Waals surface area contributed by atoms with Gasteiger partial charge in [0.15, 0.2) is 0 Å². The Morgan fingerprint density at radius 3 is 1.84 bits per heavy atom. The fourth-order valence-electron chi connectivity index (χ4n) is 5.24. The van der Waals surface area contributed by atoms with Crippen LogP contribution in [0.15, 0.2) is 128 Å². The van der Waals surface area contributed by atoms with E-state index in [9.17, 15) is 0 Å². The number of rotatable bonds is 3. The predicted octanol–water partition coefficient (Wildman–Crippen LogP) is 8.89. The summed E-state index contributed by atoms with van der Waals surface area (Å²) in [6, 6.07) is 46.0. The molecular formula is C34H24IrN2Y-2. The van der Waals surface area contributed by atoms with Crippen molar-refractivity contribution in [2.24, 2.45) is 0 Å². The normalized spacial score (nSPS) is 10.5. The van der Waals surface area contributed by atoms with Crippen LogP contribution in [0.2, 0.25) is 0 Å². The van der Waals surface area contributed by atoms with Crippen molar-refractivity contribution in [3.63, 3.8) is 0 Å². The zero-order chi connectivity index (χ0) is 23.2. The van der Waals surface area contributed by atoms with Crippen LogP contribution in [0.5, 0.6) is 0 Å². The van der Waals surface area contributed by atoms with E-state index in [1.54, 1.807) is 0 Å². The van der Waals surface area contributed by atoms with Crippen LogP contribution in [0.3, 0.4) is 0 Å². The minimum absolute atomic E-state index is 0. The van der Waals surface area contributed by atoms with Crippen molar-refractivity contribution in [1.82, 2.24) is 9.38 Å². The molecule has 0 aliphatic rings. The SMILES string of the molecule is [CH3-].[Ir].[Y].[c-]1cccc2c1c1ncc(-c3c(-c4ccccc4)cccc3-c3ccccc3)n1c1ccccc21. The molecule has 0 saturated carbocycles. The quantitative estimate of drug-likeness (QED) is 0.131. The number of nitrogens with zero attached hydrogens (tertiary/aromatic N) is 2. The Balaban J connectivity index is 0.00000112. The van der Waals surface area contributed by atoms with E-state index >= 15 is 0 Å². The molecule has 0 N–H and O–H groups in total. The first-order valence-corrected chi connectivity index (χ1v) is 11.8. The Morgan fingerprint density at radius 1 is 0.605 bits per heavy atom. The number of imidazole rings is 1. The first-order valence-electron chi connectivity index (χ1n) is 11.8. The minimum atomic E-state index is 0. The van der Waals surface area contributed by atoms with Gasteiger partial charge in [-0.3, -0.25) is 4.98 Å². The van der Waals surface area contributed by atoms with Crippen LogP contribution in [0.1, 0.15) is 0 Å². The minimum Gasteiger partial charge on any atom is -0.358 e. The Hall–Kier alpha value is -2.94. The van der Waals surface area contributed by atoms with E-state index in [1.807, 2.05) is 18.3 Å². The summed E-state index contributed by atoms with van der Waals surface area (Å²) >= 11 is 0. The first kappa shape index (κ1) is 28.1. The van der Waals surface area contributed by atoms with E-state index in [0.717, 1.165) is 22.2 Å². The molecule has 38 heavy (non-hydrogen) atoms. The van der Waals surface area contributed by atoms with Crippen molar-refractivity contribution in [1.29, 1.82) is 0 Å². The smallest absolute Gasteiger partial charge is 0.0646 e. The molecule has 0 saturated heterocycles. The zero-order valence-corrected chi connectivity index (χ0v) is 26.2. The Labute approximate surface area is 262 Å². The number of pyridine rings is 1. The monoisotopic (exact) mass is 742 g/mol. The van der Waals surface area contributed by atoms with Gasteiger partial charge < -0.3 is 11.8 Å². The molecule has 2 heterocycles. The van der Waals surface area contributed by atoms with Crippen LogP contribution in [0.25, 0.3) is 60.8 Å². The average molecular weight is 742 g/mol. The second-order valence-corrected chi connectivity index (χ2v) is 8.74. The number of benzene rings is 5. The molecule has 2 radical (unpaired) electrons. The van der Waals surface area contributed by atoms with Crippen molar-refractivity contribution >= 4 is 27.3 Å². The summed E-state index contributed by atoms with van der Waals surface area (Å²) in [5, 5.41) is 3.41. The van der Waals surface area contributed by atoms with Gasteiger partial charge in [0.2, 0.25) is 0 Å². The third-order valence-electron chi connectivity index (χ3n) is 6.77. The molecule has 0 aliphatic carbocycles. The molecule has 0 amide bonds. The van der Waals surface area contributed by atoms with Gasteiger partial charge in [-0.25, -0.2) is 0 Å². The van der Waals surface area contributed by atoms with E-state index in [0.29, 0.717) is 0 Å². The van der Waals surface area contributed by atoms with Crippen LogP contribution in [0, 0.1) is 13.5 Å². The van der Waals surface area contributed by atoms with Crippen molar-refractivity contribution in [2.45, 2.75) is 0 Å². The summed E-state index contributed by atoms with van der Waals surface area (Å²) in [6.45, 7) is 0. The predicted molar refractivity (Wildman–Crippen MR) is 152 cm³/mol. The Bertz CT molecular complexity index is 1790. The van der Waals surface area contributed by atoms with Gasteiger partial charge in [0.05, 0.1) is 11.3 Å². The molecule has 4 heteroatoms. The third-order valence-corrected chi connectivity index (χ3v) is 6.77. The van der Waals surface area contributed by atoms with Gasteiger partial charge in [-0.1, -0.05) is 102 Å². The summed E-state index contributed by atoms with van der Waals surface area (Å²) < 4.78 is 2.31. The molecule has 2 nitrogen and oxygen atoms in total. The van der Waals surface area contributed by atoms with Gasteiger partial charge in [-0.15, -0.1) is 29.7 Å². The van der Waals surface area contributed by atoms with E-state index in [-0.39, 0.29) is 60.2 Å². The van der Waals surface area contributed by atoms with Gasteiger partial charge in [-0.05, 0) is 33.7 Å². The molecule has 7 rings (SSSR count). The van der Waals surface area contributed by atoms with Crippen LogP contribution in [-0.2, 0) is 52.8 Å². The average Bonchev–Trinajstić information content (AvgIpc) is 3.39. The fourth-order valence-corrected chi connectivity index (χ4v) is 5.24. The van der Waals surface area contributed by atoms with Crippen LogP contribution < -0.4 is 0 Å². The third kappa shape index (κ3) is 4.59. The van der Waals surface area contributed by atoms with Gasteiger partial charge in [0.1, 0.15) is 0 Å². The molecule has 0 unspecified atom stereocenters. The molecular weight excluding hydrogens is 718 g/mol. The maximum atomic E-state index is 4.97. The van der Waals surface area contributed by atoms with Gasteiger partial charge >= 0.3 is 0 Å². The van der Waals surface area contributed by atoms with Gasteiger partial charge in [0.25, 0.3) is 0 Å². The maximum absolute atomic E-state index is 4.97. The first-order chi connectivity index (χ1) is 17.4. The second kappa shape index (κ2) is 11.8. The maximum Gasteiger partial charge on any atom is 0.0646 e. The summed E-state index contributed by atoms with van der Waals surface area (Å²) in [5.41, 5.74) is 9.08. The molecule has 0 bridgehead atoms. The molecule has 7 aromatic rings. The molecule has 184 valence electrons. The molecule has 2 aromatic heterocycles. The van der Waals surface area contributed by atoms with Crippen molar-refractivity contribution in [3.8, 4) is 33.5 Å². The standard InChI is InChI=1S/C33H21N2.CH3.Ir.Y/c1-3-12-23(13-4-1)25-19-11-20-26(24-14-5-2-6-15-24)32(25)31-22-34-33-29-18-8-7-16-27(29)28-17-9-10-21-30(28)35(31)33;;;/h1-17,19-22H;1H3;;/q2*-1;;. The van der Waals surface area contributed by atoms with E-state index < -0.39 is 0 Å². The summed E-state index contributed by atoms with van der Waals surface area (Å²) in [5.74, 6) is 0. The summed E-state index contributed by atoms with van der Waals surface area (Å²) in [6.07, 6.45) is 2.02. The number of hydrogen-bond donors (Lipinski definition) is 0. The van der Waals surface area contributed by atoms with Gasteiger partial charge in [-0.2, -0.15) is 0 Å². The second-order valence-electron chi connectivity index (χ2n) is 8.74. The Morgan fingerprint density at radius 2 is 1.18 bits per heavy atom. The summed E-state index contributed by atoms with van der Waals surface area (Å²) in [7, 11) is 0. The van der Waals surface area contributed by atoms with Crippen LogP contribution >= 0.6 is 0 Å². The van der Waals surface area contributed by atoms with Crippen LogP contribution in [-0.4, -0.2) is 9.38 Å². The van der Waals surface area contributed by atoms with E-state index in [1.165, 1.54) is 38.6 Å². The number of fused-ring (bicyclic) bond motifs is 6. The Kier molecular flexibility index (Phi) is 8.75.